The normalized spacial score (nSPS) is 11.9. The minimum Gasteiger partial charge on any atom is -0.355 e. The van der Waals surface area contributed by atoms with Crippen LogP contribution >= 0.6 is 23.2 Å². The van der Waals surface area contributed by atoms with Crippen LogP contribution < -0.4 is 5.32 Å². The van der Waals surface area contributed by atoms with Crippen molar-refractivity contribution in [1.29, 1.82) is 0 Å². The smallest absolute Gasteiger partial charge is 0.224 e. The highest BCUT2D eigenvalue weighted by Gasteiger charge is 2.15. The van der Waals surface area contributed by atoms with Crippen molar-refractivity contribution < 1.29 is 4.79 Å². The standard InChI is InChI=1S/C27H23Cl2NO/c28-24-12-8-19(9-13-24)16-23(20-10-14-25(29)15-11-20)18-30-27(31)17-22-6-3-5-21-4-1-2-7-26(21)22/h1-15,23H,16-18H2,(H,30,31)/t23-/m0/s1. The number of hydrogen-bond acceptors (Lipinski definition) is 1. The van der Waals surface area contributed by atoms with Crippen molar-refractivity contribution in [2.45, 2.75) is 18.8 Å². The second-order valence-electron chi connectivity index (χ2n) is 7.70. The highest BCUT2D eigenvalue weighted by Crippen LogP contribution is 2.24. The van der Waals surface area contributed by atoms with Crippen LogP contribution in [0.5, 0.6) is 0 Å². The number of nitrogens with one attached hydrogen (secondary N) is 1. The summed E-state index contributed by atoms with van der Waals surface area (Å²) in [5.41, 5.74) is 3.36. The minimum atomic E-state index is 0.0198. The molecule has 4 heteroatoms. The molecule has 4 rings (SSSR count). The van der Waals surface area contributed by atoms with Crippen molar-refractivity contribution >= 4 is 39.9 Å². The Morgan fingerprint density at radius 1 is 0.774 bits per heavy atom. The molecule has 4 aromatic rings. The van der Waals surface area contributed by atoms with Crippen molar-refractivity contribution in [3.63, 3.8) is 0 Å². The van der Waals surface area contributed by atoms with E-state index in [2.05, 4.69) is 23.5 Å². The van der Waals surface area contributed by atoms with E-state index in [9.17, 15) is 4.79 Å². The molecule has 0 radical (unpaired) electrons. The number of fused-ring (bicyclic) bond motifs is 1. The van der Waals surface area contributed by atoms with E-state index in [1.807, 2.05) is 72.8 Å². The number of carbonyl (C=O) groups is 1. The van der Waals surface area contributed by atoms with Crippen LogP contribution in [0, 0.1) is 0 Å². The Labute approximate surface area is 192 Å². The van der Waals surface area contributed by atoms with E-state index in [0.717, 1.165) is 33.3 Å². The molecule has 0 unspecified atom stereocenters. The molecule has 156 valence electrons. The third-order valence-corrected chi connectivity index (χ3v) is 6.02. The highest BCUT2D eigenvalue weighted by atomic mass is 35.5. The van der Waals surface area contributed by atoms with Gasteiger partial charge in [0.2, 0.25) is 5.91 Å². The van der Waals surface area contributed by atoms with Crippen molar-refractivity contribution in [2.24, 2.45) is 0 Å². The molecule has 0 aromatic heterocycles. The van der Waals surface area contributed by atoms with Crippen LogP contribution in [0.2, 0.25) is 10.0 Å². The third-order valence-electron chi connectivity index (χ3n) is 5.51. The summed E-state index contributed by atoms with van der Waals surface area (Å²) in [7, 11) is 0. The van der Waals surface area contributed by atoms with Crippen LogP contribution in [0.3, 0.4) is 0 Å². The van der Waals surface area contributed by atoms with Crippen LogP contribution in [0.15, 0.2) is 91.0 Å². The lowest BCUT2D eigenvalue weighted by molar-refractivity contribution is -0.120. The van der Waals surface area contributed by atoms with Crippen molar-refractivity contribution in [1.82, 2.24) is 5.32 Å². The number of rotatable bonds is 7. The molecule has 1 amide bonds. The van der Waals surface area contributed by atoms with Gasteiger partial charge in [0.1, 0.15) is 0 Å². The van der Waals surface area contributed by atoms with Gasteiger partial charge in [0.15, 0.2) is 0 Å². The highest BCUT2D eigenvalue weighted by molar-refractivity contribution is 6.30. The lowest BCUT2D eigenvalue weighted by Gasteiger charge is -2.19. The molecule has 0 bridgehead atoms. The van der Waals surface area contributed by atoms with E-state index in [1.165, 1.54) is 5.56 Å². The zero-order chi connectivity index (χ0) is 21.6. The molecule has 0 heterocycles. The third kappa shape index (κ3) is 5.66. The first-order chi connectivity index (χ1) is 15.1. The lowest BCUT2D eigenvalue weighted by Crippen LogP contribution is -2.30. The van der Waals surface area contributed by atoms with E-state index >= 15 is 0 Å². The van der Waals surface area contributed by atoms with Gasteiger partial charge in [-0.05, 0) is 58.1 Å². The summed E-state index contributed by atoms with van der Waals surface area (Å²) in [4.78, 5) is 12.8. The fraction of sp³-hybridized carbons (Fsp3) is 0.148. The molecule has 0 aliphatic rings. The summed E-state index contributed by atoms with van der Waals surface area (Å²) in [6.45, 7) is 0.549. The molecule has 2 nitrogen and oxygen atoms in total. The Balaban J connectivity index is 1.47. The van der Waals surface area contributed by atoms with E-state index in [4.69, 9.17) is 23.2 Å². The second kappa shape index (κ2) is 10.00. The zero-order valence-corrected chi connectivity index (χ0v) is 18.5. The van der Waals surface area contributed by atoms with Crippen LogP contribution in [0.1, 0.15) is 22.6 Å². The van der Waals surface area contributed by atoms with Crippen molar-refractivity contribution in [2.75, 3.05) is 6.54 Å². The van der Waals surface area contributed by atoms with Gasteiger partial charge < -0.3 is 5.32 Å². The van der Waals surface area contributed by atoms with Gasteiger partial charge >= 0.3 is 0 Å². The van der Waals surface area contributed by atoms with Gasteiger partial charge in [-0.25, -0.2) is 0 Å². The predicted octanol–water partition coefficient (Wildman–Crippen LogP) is 6.83. The maximum Gasteiger partial charge on any atom is 0.224 e. The summed E-state index contributed by atoms with van der Waals surface area (Å²) >= 11 is 12.1. The fourth-order valence-electron chi connectivity index (χ4n) is 3.87. The molecule has 0 saturated carbocycles. The summed E-state index contributed by atoms with van der Waals surface area (Å²) in [6, 6.07) is 29.9. The maximum atomic E-state index is 12.8. The van der Waals surface area contributed by atoms with E-state index < -0.39 is 0 Å². The first-order valence-electron chi connectivity index (χ1n) is 10.3. The monoisotopic (exact) mass is 447 g/mol. The molecule has 1 atom stereocenters. The van der Waals surface area contributed by atoms with Gasteiger partial charge in [-0.2, -0.15) is 0 Å². The SMILES string of the molecule is O=C(Cc1cccc2ccccc12)NC[C@H](Cc1ccc(Cl)cc1)c1ccc(Cl)cc1. The molecular weight excluding hydrogens is 425 g/mol. The number of hydrogen-bond donors (Lipinski definition) is 1. The summed E-state index contributed by atoms with van der Waals surface area (Å²) in [6.07, 6.45) is 1.16. The van der Waals surface area contributed by atoms with Crippen LogP contribution in [-0.2, 0) is 17.6 Å². The average molecular weight is 448 g/mol. The second-order valence-corrected chi connectivity index (χ2v) is 8.57. The van der Waals surface area contributed by atoms with Gasteiger partial charge in [0.25, 0.3) is 0 Å². The zero-order valence-electron chi connectivity index (χ0n) is 17.0. The van der Waals surface area contributed by atoms with Crippen LogP contribution in [0.25, 0.3) is 10.8 Å². The first-order valence-corrected chi connectivity index (χ1v) is 11.1. The van der Waals surface area contributed by atoms with Crippen molar-refractivity contribution in [3.8, 4) is 0 Å². The molecule has 0 fully saturated rings. The van der Waals surface area contributed by atoms with E-state index in [1.54, 1.807) is 0 Å². The summed E-state index contributed by atoms with van der Waals surface area (Å²) in [5.74, 6) is 0.154. The molecule has 1 N–H and O–H groups in total. The molecule has 4 aromatic carbocycles. The molecular formula is C27H23Cl2NO. The fourth-order valence-corrected chi connectivity index (χ4v) is 4.12. The van der Waals surface area contributed by atoms with E-state index in [0.29, 0.717) is 18.0 Å². The van der Waals surface area contributed by atoms with Crippen LogP contribution in [0.4, 0.5) is 0 Å². The predicted molar refractivity (Wildman–Crippen MR) is 130 cm³/mol. The maximum absolute atomic E-state index is 12.8. The Morgan fingerprint density at radius 3 is 2.16 bits per heavy atom. The largest absolute Gasteiger partial charge is 0.355 e. The quantitative estimate of drug-likeness (QED) is 0.330. The Hall–Kier alpha value is -2.81. The van der Waals surface area contributed by atoms with Gasteiger partial charge in [0.05, 0.1) is 6.42 Å². The lowest BCUT2D eigenvalue weighted by atomic mass is 9.91. The molecule has 0 aliphatic heterocycles. The Kier molecular flexibility index (Phi) is 6.91. The van der Waals surface area contributed by atoms with Gasteiger partial charge in [-0.15, -0.1) is 0 Å². The first kappa shape index (κ1) is 21.4. The number of halogens is 2. The van der Waals surface area contributed by atoms with Gasteiger partial charge in [0, 0.05) is 22.5 Å². The molecule has 31 heavy (non-hydrogen) atoms. The summed E-state index contributed by atoms with van der Waals surface area (Å²) < 4.78 is 0. The topological polar surface area (TPSA) is 29.1 Å². The average Bonchev–Trinajstić information content (AvgIpc) is 2.79. The molecule has 0 aliphatic carbocycles. The molecule has 0 saturated heterocycles. The number of benzene rings is 4. The van der Waals surface area contributed by atoms with Gasteiger partial charge in [-0.3, -0.25) is 4.79 Å². The van der Waals surface area contributed by atoms with Crippen molar-refractivity contribution in [3.05, 3.63) is 118 Å². The molecule has 0 spiro atoms. The minimum absolute atomic E-state index is 0.0198. The Bertz CT molecular complexity index is 1160. The van der Waals surface area contributed by atoms with Gasteiger partial charge in [-0.1, -0.05) is 89.9 Å². The van der Waals surface area contributed by atoms with Crippen LogP contribution in [-0.4, -0.2) is 12.5 Å². The Morgan fingerprint density at radius 2 is 1.42 bits per heavy atom. The number of carbonyl (C=O) groups excluding carboxylic acids is 1. The van der Waals surface area contributed by atoms with E-state index in [-0.39, 0.29) is 11.8 Å². The number of amides is 1. The summed E-state index contributed by atoms with van der Waals surface area (Å²) in [5, 5.41) is 6.83.